The van der Waals surface area contributed by atoms with Crippen molar-refractivity contribution in [1.82, 2.24) is 4.98 Å². The molecule has 0 amide bonds. The van der Waals surface area contributed by atoms with Gasteiger partial charge in [-0.05, 0) is 31.0 Å². The second-order valence-electron chi connectivity index (χ2n) is 4.69. The van der Waals surface area contributed by atoms with Crippen LogP contribution in [0.15, 0.2) is 30.6 Å². The van der Waals surface area contributed by atoms with Gasteiger partial charge in [-0.25, -0.2) is 0 Å². The molecule has 0 saturated heterocycles. The van der Waals surface area contributed by atoms with Crippen LogP contribution in [0.1, 0.15) is 25.7 Å². The van der Waals surface area contributed by atoms with Gasteiger partial charge in [-0.3, -0.25) is 4.98 Å². The Morgan fingerprint density at radius 2 is 1.89 bits per heavy atom. The summed E-state index contributed by atoms with van der Waals surface area (Å²) < 4.78 is 0. The van der Waals surface area contributed by atoms with Crippen molar-refractivity contribution in [3.05, 3.63) is 30.6 Å². The number of nitrogen functional groups attached to an aromatic ring is 1. The summed E-state index contributed by atoms with van der Waals surface area (Å²) in [5, 5.41) is 14.3. The first-order chi connectivity index (χ1) is 9.33. The lowest BCUT2D eigenvalue weighted by atomic mass is 10.1. The molecule has 1 aromatic carbocycles. The number of hydrogen-bond acceptors (Lipinski definition) is 4. The highest BCUT2D eigenvalue weighted by Crippen LogP contribution is 2.27. The van der Waals surface area contributed by atoms with Gasteiger partial charge in [0, 0.05) is 47.7 Å². The van der Waals surface area contributed by atoms with E-state index in [9.17, 15) is 0 Å². The summed E-state index contributed by atoms with van der Waals surface area (Å²) in [6, 6.07) is 5.88. The number of aliphatic hydroxyl groups excluding tert-OH is 1. The highest BCUT2D eigenvalue weighted by molar-refractivity contribution is 6.00. The van der Waals surface area contributed by atoms with Crippen LogP contribution in [0.25, 0.3) is 10.8 Å². The molecule has 0 spiro atoms. The average molecular weight is 259 g/mol. The lowest BCUT2D eigenvalue weighted by Crippen LogP contribution is -2.03. The van der Waals surface area contributed by atoms with Crippen molar-refractivity contribution >= 4 is 22.1 Å². The summed E-state index contributed by atoms with van der Waals surface area (Å²) in [5.74, 6) is 0. The monoisotopic (exact) mass is 259 g/mol. The first-order valence-electron chi connectivity index (χ1n) is 6.80. The van der Waals surface area contributed by atoms with Crippen molar-refractivity contribution in [2.24, 2.45) is 0 Å². The fraction of sp³-hybridized carbons (Fsp3) is 0.400. The fourth-order valence-electron chi connectivity index (χ4n) is 2.18. The van der Waals surface area contributed by atoms with E-state index in [-0.39, 0.29) is 0 Å². The number of rotatable bonds is 7. The second-order valence-corrected chi connectivity index (χ2v) is 4.69. The standard InChI is InChI=1S/C15H21N3O/c16-14-5-6-15(13-11-17-9-7-12(13)14)18-8-3-1-2-4-10-19/h5-7,9,11,18-19H,1-4,8,10,16H2. The highest BCUT2D eigenvalue weighted by Gasteiger charge is 2.03. The minimum absolute atomic E-state index is 0.293. The molecule has 0 fully saturated rings. The lowest BCUT2D eigenvalue weighted by Gasteiger charge is -2.10. The Balaban J connectivity index is 1.96. The van der Waals surface area contributed by atoms with Gasteiger partial charge in [0.25, 0.3) is 0 Å². The Kier molecular flexibility index (Phi) is 4.98. The van der Waals surface area contributed by atoms with Crippen LogP contribution >= 0.6 is 0 Å². The Morgan fingerprint density at radius 3 is 2.74 bits per heavy atom. The second kappa shape index (κ2) is 6.95. The number of nitrogens with one attached hydrogen (secondary N) is 1. The predicted molar refractivity (Wildman–Crippen MR) is 80.2 cm³/mol. The Morgan fingerprint density at radius 1 is 1.05 bits per heavy atom. The molecule has 0 saturated carbocycles. The molecular weight excluding hydrogens is 238 g/mol. The zero-order chi connectivity index (χ0) is 13.5. The molecule has 4 N–H and O–H groups in total. The van der Waals surface area contributed by atoms with Crippen LogP contribution in [0.2, 0.25) is 0 Å². The van der Waals surface area contributed by atoms with Crippen molar-refractivity contribution in [2.45, 2.75) is 25.7 Å². The average Bonchev–Trinajstić information content (AvgIpc) is 2.45. The van der Waals surface area contributed by atoms with Crippen LogP contribution in [0.4, 0.5) is 11.4 Å². The zero-order valence-corrected chi connectivity index (χ0v) is 11.1. The molecule has 4 heteroatoms. The van der Waals surface area contributed by atoms with Crippen molar-refractivity contribution in [1.29, 1.82) is 0 Å². The number of nitrogens with two attached hydrogens (primary N) is 1. The van der Waals surface area contributed by atoms with Gasteiger partial charge < -0.3 is 16.2 Å². The molecule has 102 valence electrons. The molecule has 0 unspecified atom stereocenters. The van der Waals surface area contributed by atoms with E-state index in [0.29, 0.717) is 6.61 Å². The van der Waals surface area contributed by atoms with E-state index in [0.717, 1.165) is 54.4 Å². The smallest absolute Gasteiger partial charge is 0.0437 e. The number of unbranched alkanes of at least 4 members (excludes halogenated alkanes) is 3. The maximum atomic E-state index is 8.71. The number of anilines is 2. The number of aromatic nitrogens is 1. The van der Waals surface area contributed by atoms with Gasteiger partial charge in [0.05, 0.1) is 0 Å². The molecular formula is C15H21N3O. The molecule has 0 bridgehead atoms. The van der Waals surface area contributed by atoms with Gasteiger partial charge in [0.15, 0.2) is 0 Å². The number of pyridine rings is 1. The van der Waals surface area contributed by atoms with Crippen LogP contribution in [0.5, 0.6) is 0 Å². The Hall–Kier alpha value is -1.81. The molecule has 0 radical (unpaired) electrons. The van der Waals surface area contributed by atoms with E-state index in [2.05, 4.69) is 10.3 Å². The number of benzene rings is 1. The predicted octanol–water partition coefficient (Wildman–Crippen LogP) is 2.78. The van der Waals surface area contributed by atoms with Crippen molar-refractivity contribution in [3.63, 3.8) is 0 Å². The Labute approximate surface area is 113 Å². The van der Waals surface area contributed by atoms with E-state index >= 15 is 0 Å². The molecule has 1 heterocycles. The maximum absolute atomic E-state index is 8.71. The number of nitrogens with zero attached hydrogens (tertiary/aromatic N) is 1. The largest absolute Gasteiger partial charge is 0.398 e. The van der Waals surface area contributed by atoms with Gasteiger partial charge >= 0.3 is 0 Å². The molecule has 2 rings (SSSR count). The van der Waals surface area contributed by atoms with Gasteiger partial charge in [0.2, 0.25) is 0 Å². The van der Waals surface area contributed by atoms with Crippen LogP contribution in [0.3, 0.4) is 0 Å². The van der Waals surface area contributed by atoms with Crippen LogP contribution < -0.4 is 11.1 Å². The van der Waals surface area contributed by atoms with Gasteiger partial charge in [-0.1, -0.05) is 12.8 Å². The minimum atomic E-state index is 0.293. The molecule has 0 aliphatic carbocycles. The SMILES string of the molecule is Nc1ccc(NCCCCCCO)c2cnccc12. The quantitative estimate of drug-likeness (QED) is 0.528. The van der Waals surface area contributed by atoms with Crippen LogP contribution in [-0.2, 0) is 0 Å². The summed E-state index contributed by atoms with van der Waals surface area (Å²) in [6.07, 6.45) is 7.83. The third kappa shape index (κ3) is 3.58. The zero-order valence-electron chi connectivity index (χ0n) is 11.1. The van der Waals surface area contributed by atoms with Gasteiger partial charge in [-0.2, -0.15) is 0 Å². The maximum Gasteiger partial charge on any atom is 0.0437 e. The number of fused-ring (bicyclic) bond motifs is 1. The fourth-order valence-corrected chi connectivity index (χ4v) is 2.18. The normalized spacial score (nSPS) is 10.8. The third-order valence-electron chi connectivity index (χ3n) is 3.25. The van der Waals surface area contributed by atoms with E-state index in [1.807, 2.05) is 24.4 Å². The van der Waals surface area contributed by atoms with Crippen molar-refractivity contribution < 1.29 is 5.11 Å². The van der Waals surface area contributed by atoms with Crippen LogP contribution in [0, 0.1) is 0 Å². The Bertz CT molecular complexity index is 528. The lowest BCUT2D eigenvalue weighted by molar-refractivity contribution is 0.283. The summed E-state index contributed by atoms with van der Waals surface area (Å²) in [5.41, 5.74) is 7.82. The number of aliphatic hydroxyl groups is 1. The molecule has 0 atom stereocenters. The van der Waals surface area contributed by atoms with E-state index in [4.69, 9.17) is 10.8 Å². The molecule has 0 aliphatic heterocycles. The third-order valence-corrected chi connectivity index (χ3v) is 3.25. The van der Waals surface area contributed by atoms with E-state index in [1.54, 1.807) is 6.20 Å². The minimum Gasteiger partial charge on any atom is -0.398 e. The van der Waals surface area contributed by atoms with Crippen molar-refractivity contribution in [3.8, 4) is 0 Å². The summed E-state index contributed by atoms with van der Waals surface area (Å²) >= 11 is 0. The highest BCUT2D eigenvalue weighted by atomic mass is 16.2. The van der Waals surface area contributed by atoms with Gasteiger partial charge in [-0.15, -0.1) is 0 Å². The van der Waals surface area contributed by atoms with Gasteiger partial charge in [0.1, 0.15) is 0 Å². The van der Waals surface area contributed by atoms with Crippen molar-refractivity contribution in [2.75, 3.05) is 24.2 Å². The molecule has 2 aromatic rings. The summed E-state index contributed by atoms with van der Waals surface area (Å²) in [6.45, 7) is 1.22. The summed E-state index contributed by atoms with van der Waals surface area (Å²) in [7, 11) is 0. The van der Waals surface area contributed by atoms with Crippen LogP contribution in [-0.4, -0.2) is 23.2 Å². The molecule has 1 aromatic heterocycles. The molecule has 19 heavy (non-hydrogen) atoms. The van der Waals surface area contributed by atoms with E-state index < -0.39 is 0 Å². The topological polar surface area (TPSA) is 71.2 Å². The summed E-state index contributed by atoms with van der Waals surface area (Å²) in [4.78, 5) is 4.16. The molecule has 0 aliphatic rings. The first-order valence-corrected chi connectivity index (χ1v) is 6.80. The first kappa shape index (κ1) is 13.6. The number of hydrogen-bond donors (Lipinski definition) is 3. The molecule has 4 nitrogen and oxygen atoms in total. The van der Waals surface area contributed by atoms with E-state index in [1.165, 1.54) is 0 Å².